The smallest absolute Gasteiger partial charge is 0.146 e. The van der Waals surface area contributed by atoms with E-state index in [4.69, 9.17) is 16.3 Å². The number of ether oxygens (including phenoxy) is 1. The minimum atomic E-state index is 0.634. The zero-order valence-electron chi connectivity index (χ0n) is 11.2. The predicted molar refractivity (Wildman–Crippen MR) is 80.1 cm³/mol. The first-order valence-corrected chi connectivity index (χ1v) is 6.80. The molecule has 0 bridgehead atoms. The zero-order valence-corrected chi connectivity index (χ0v) is 12.0. The number of aryl methyl sites for hydroxylation is 1. The van der Waals surface area contributed by atoms with Crippen molar-refractivity contribution in [3.63, 3.8) is 0 Å². The standard InChI is InChI=1S/C16H18ClNO/c1-3-12-5-4-6-14(9-12)19-16-8-7-13(11-18-2)10-15(16)17/h4-10,18H,3,11H2,1-2H3. The highest BCUT2D eigenvalue weighted by atomic mass is 35.5. The van der Waals surface area contributed by atoms with E-state index in [9.17, 15) is 0 Å². The Hall–Kier alpha value is -1.51. The van der Waals surface area contributed by atoms with Crippen LogP contribution in [0, 0.1) is 0 Å². The molecule has 0 aliphatic heterocycles. The van der Waals surface area contributed by atoms with Gasteiger partial charge in [0.2, 0.25) is 0 Å². The molecule has 0 aliphatic rings. The first-order valence-electron chi connectivity index (χ1n) is 6.42. The minimum absolute atomic E-state index is 0.634. The summed E-state index contributed by atoms with van der Waals surface area (Å²) >= 11 is 6.24. The van der Waals surface area contributed by atoms with Crippen molar-refractivity contribution in [1.29, 1.82) is 0 Å². The van der Waals surface area contributed by atoms with Crippen LogP contribution in [0.4, 0.5) is 0 Å². The summed E-state index contributed by atoms with van der Waals surface area (Å²) in [5.41, 5.74) is 2.39. The Kier molecular flexibility index (Phi) is 4.83. The van der Waals surface area contributed by atoms with E-state index in [2.05, 4.69) is 18.3 Å². The van der Waals surface area contributed by atoms with E-state index in [1.807, 2.05) is 43.4 Å². The molecule has 2 rings (SSSR count). The van der Waals surface area contributed by atoms with E-state index in [1.54, 1.807) is 0 Å². The molecule has 0 aliphatic carbocycles. The summed E-state index contributed by atoms with van der Waals surface area (Å²) in [6.07, 6.45) is 0.992. The van der Waals surface area contributed by atoms with Crippen molar-refractivity contribution in [1.82, 2.24) is 5.32 Å². The van der Waals surface area contributed by atoms with Crippen LogP contribution in [-0.2, 0) is 13.0 Å². The molecule has 2 aromatic rings. The lowest BCUT2D eigenvalue weighted by Crippen LogP contribution is -2.04. The van der Waals surface area contributed by atoms with Gasteiger partial charge < -0.3 is 10.1 Å². The average molecular weight is 276 g/mol. The summed E-state index contributed by atoms with van der Waals surface area (Å²) in [6, 6.07) is 13.9. The molecule has 0 saturated carbocycles. The van der Waals surface area contributed by atoms with Crippen molar-refractivity contribution >= 4 is 11.6 Å². The summed E-state index contributed by atoms with van der Waals surface area (Å²) in [7, 11) is 1.91. The lowest BCUT2D eigenvalue weighted by molar-refractivity contribution is 0.482. The third-order valence-corrected chi connectivity index (χ3v) is 3.21. The molecule has 1 N–H and O–H groups in total. The number of hydrogen-bond acceptors (Lipinski definition) is 2. The summed E-state index contributed by atoms with van der Waals surface area (Å²) in [5.74, 6) is 1.51. The maximum Gasteiger partial charge on any atom is 0.146 e. The van der Waals surface area contributed by atoms with Crippen LogP contribution in [0.3, 0.4) is 0 Å². The Balaban J connectivity index is 2.18. The molecule has 3 heteroatoms. The van der Waals surface area contributed by atoms with Gasteiger partial charge >= 0.3 is 0 Å². The van der Waals surface area contributed by atoms with Crippen LogP contribution in [0.25, 0.3) is 0 Å². The van der Waals surface area contributed by atoms with Crippen LogP contribution >= 0.6 is 11.6 Å². The molecular formula is C16H18ClNO. The second-order valence-electron chi connectivity index (χ2n) is 4.40. The Morgan fingerprint density at radius 3 is 2.63 bits per heavy atom. The van der Waals surface area contributed by atoms with Gasteiger partial charge in [-0.15, -0.1) is 0 Å². The third kappa shape index (κ3) is 3.72. The fourth-order valence-corrected chi connectivity index (χ4v) is 2.14. The molecule has 0 heterocycles. The quantitative estimate of drug-likeness (QED) is 0.872. The molecule has 2 nitrogen and oxygen atoms in total. The molecule has 0 amide bonds. The number of benzene rings is 2. The molecule has 0 aromatic heterocycles. The van der Waals surface area contributed by atoms with Gasteiger partial charge in [0, 0.05) is 6.54 Å². The van der Waals surface area contributed by atoms with Crippen LogP contribution in [0.15, 0.2) is 42.5 Å². The minimum Gasteiger partial charge on any atom is -0.456 e. The zero-order chi connectivity index (χ0) is 13.7. The molecule has 0 fully saturated rings. The van der Waals surface area contributed by atoms with E-state index in [1.165, 1.54) is 5.56 Å². The van der Waals surface area contributed by atoms with Gasteiger partial charge in [-0.1, -0.05) is 36.7 Å². The second kappa shape index (κ2) is 6.60. The van der Waals surface area contributed by atoms with E-state index >= 15 is 0 Å². The van der Waals surface area contributed by atoms with Crippen LogP contribution in [0.5, 0.6) is 11.5 Å². The number of halogens is 1. The molecule has 0 atom stereocenters. The van der Waals surface area contributed by atoms with Crippen molar-refractivity contribution < 1.29 is 4.74 Å². The molecule has 0 spiro atoms. The first-order chi connectivity index (χ1) is 9.22. The largest absolute Gasteiger partial charge is 0.456 e. The van der Waals surface area contributed by atoms with Gasteiger partial charge in [0.25, 0.3) is 0 Å². The number of nitrogens with one attached hydrogen (secondary N) is 1. The highest BCUT2D eigenvalue weighted by Crippen LogP contribution is 2.30. The maximum atomic E-state index is 6.24. The van der Waals surface area contributed by atoms with Gasteiger partial charge in [-0.05, 0) is 48.9 Å². The lowest BCUT2D eigenvalue weighted by atomic mass is 10.1. The fourth-order valence-electron chi connectivity index (χ4n) is 1.90. The summed E-state index contributed by atoms with van der Waals surface area (Å²) in [5, 5.41) is 3.73. The molecule has 100 valence electrons. The summed E-state index contributed by atoms with van der Waals surface area (Å²) < 4.78 is 5.83. The highest BCUT2D eigenvalue weighted by Gasteiger charge is 2.05. The Bertz CT molecular complexity index is 554. The Morgan fingerprint density at radius 2 is 1.95 bits per heavy atom. The average Bonchev–Trinajstić information content (AvgIpc) is 2.42. The Morgan fingerprint density at radius 1 is 1.11 bits per heavy atom. The van der Waals surface area contributed by atoms with E-state index in [0.29, 0.717) is 10.8 Å². The monoisotopic (exact) mass is 275 g/mol. The molecular weight excluding hydrogens is 258 g/mol. The first kappa shape index (κ1) is 13.9. The van der Waals surface area contributed by atoms with Crippen molar-refractivity contribution in [2.75, 3.05) is 7.05 Å². The van der Waals surface area contributed by atoms with Crippen molar-refractivity contribution in [2.24, 2.45) is 0 Å². The lowest BCUT2D eigenvalue weighted by Gasteiger charge is -2.10. The Labute approximate surface area is 119 Å². The van der Waals surface area contributed by atoms with Crippen LogP contribution < -0.4 is 10.1 Å². The molecule has 2 aromatic carbocycles. The van der Waals surface area contributed by atoms with E-state index < -0.39 is 0 Å². The van der Waals surface area contributed by atoms with Crippen molar-refractivity contribution in [2.45, 2.75) is 19.9 Å². The van der Waals surface area contributed by atoms with Gasteiger partial charge in [0.15, 0.2) is 0 Å². The highest BCUT2D eigenvalue weighted by molar-refractivity contribution is 6.32. The van der Waals surface area contributed by atoms with Gasteiger partial charge in [-0.3, -0.25) is 0 Å². The van der Waals surface area contributed by atoms with E-state index in [0.717, 1.165) is 24.3 Å². The van der Waals surface area contributed by atoms with Crippen LogP contribution in [0.2, 0.25) is 5.02 Å². The van der Waals surface area contributed by atoms with Gasteiger partial charge in [-0.25, -0.2) is 0 Å². The third-order valence-electron chi connectivity index (χ3n) is 2.91. The molecule has 0 unspecified atom stereocenters. The number of hydrogen-bond donors (Lipinski definition) is 1. The van der Waals surface area contributed by atoms with Crippen LogP contribution in [0.1, 0.15) is 18.1 Å². The van der Waals surface area contributed by atoms with Crippen LogP contribution in [-0.4, -0.2) is 7.05 Å². The predicted octanol–water partition coefficient (Wildman–Crippen LogP) is 4.41. The number of rotatable bonds is 5. The van der Waals surface area contributed by atoms with Gasteiger partial charge in [0.05, 0.1) is 5.02 Å². The van der Waals surface area contributed by atoms with Crippen molar-refractivity contribution in [3.8, 4) is 11.5 Å². The molecule has 0 radical (unpaired) electrons. The molecule has 19 heavy (non-hydrogen) atoms. The van der Waals surface area contributed by atoms with Crippen molar-refractivity contribution in [3.05, 3.63) is 58.6 Å². The topological polar surface area (TPSA) is 21.3 Å². The van der Waals surface area contributed by atoms with E-state index in [-0.39, 0.29) is 0 Å². The second-order valence-corrected chi connectivity index (χ2v) is 4.81. The summed E-state index contributed by atoms with van der Waals surface area (Å²) in [6.45, 7) is 2.92. The molecule has 0 saturated heterocycles. The van der Waals surface area contributed by atoms with Gasteiger partial charge in [-0.2, -0.15) is 0 Å². The SMILES string of the molecule is CCc1cccc(Oc2ccc(CNC)cc2Cl)c1. The summed E-state index contributed by atoms with van der Waals surface area (Å²) in [4.78, 5) is 0. The maximum absolute atomic E-state index is 6.24. The normalized spacial score (nSPS) is 10.5. The fraction of sp³-hybridized carbons (Fsp3) is 0.250. The van der Waals surface area contributed by atoms with Gasteiger partial charge in [0.1, 0.15) is 11.5 Å².